The van der Waals surface area contributed by atoms with Gasteiger partial charge in [0.05, 0.1) is 13.1 Å². The molecule has 0 atom stereocenters. The average Bonchev–Trinajstić information content (AvgIpc) is 2.85. The number of aromatic nitrogens is 3. The Morgan fingerprint density at radius 3 is 2.58 bits per heavy atom. The van der Waals surface area contributed by atoms with Crippen molar-refractivity contribution in [2.45, 2.75) is 33.9 Å². The first kappa shape index (κ1) is 20.3. The van der Waals surface area contributed by atoms with E-state index in [9.17, 15) is 4.39 Å². The predicted octanol–water partition coefficient (Wildman–Crippen LogP) is 2.44. The van der Waals surface area contributed by atoms with Gasteiger partial charge in [0, 0.05) is 13.6 Å². The number of hydrogen-bond donors (Lipinski definition) is 2. The molecule has 2 rings (SSSR count). The summed E-state index contributed by atoms with van der Waals surface area (Å²) in [7, 11) is 1.93. The van der Waals surface area contributed by atoms with Gasteiger partial charge >= 0.3 is 0 Å². The van der Waals surface area contributed by atoms with Crippen molar-refractivity contribution in [2.24, 2.45) is 12.0 Å². The Morgan fingerprint density at radius 1 is 1.25 bits per heavy atom. The lowest BCUT2D eigenvalue weighted by Gasteiger charge is -2.11. The Kier molecular flexibility index (Phi) is 8.09. The van der Waals surface area contributed by atoms with Gasteiger partial charge in [-0.3, -0.25) is 0 Å². The highest BCUT2D eigenvalue weighted by molar-refractivity contribution is 14.0. The van der Waals surface area contributed by atoms with Gasteiger partial charge in [0.1, 0.15) is 11.6 Å². The molecule has 1 aromatic carbocycles. The zero-order valence-corrected chi connectivity index (χ0v) is 16.8. The van der Waals surface area contributed by atoms with Gasteiger partial charge in [-0.05, 0) is 38.0 Å². The van der Waals surface area contributed by atoms with Crippen molar-refractivity contribution in [2.75, 3.05) is 6.54 Å². The molecule has 24 heavy (non-hydrogen) atoms. The van der Waals surface area contributed by atoms with Crippen LogP contribution in [0.4, 0.5) is 4.39 Å². The second kappa shape index (κ2) is 9.55. The lowest BCUT2D eigenvalue weighted by atomic mass is 10.1. The minimum atomic E-state index is -0.194. The van der Waals surface area contributed by atoms with Crippen molar-refractivity contribution in [3.63, 3.8) is 0 Å². The summed E-state index contributed by atoms with van der Waals surface area (Å²) in [5.74, 6) is 2.20. The van der Waals surface area contributed by atoms with Crippen LogP contribution in [0.1, 0.15) is 29.7 Å². The summed E-state index contributed by atoms with van der Waals surface area (Å²) < 4.78 is 15.2. The fraction of sp³-hybridized carbons (Fsp3) is 0.438. The van der Waals surface area contributed by atoms with Crippen molar-refractivity contribution in [1.29, 1.82) is 0 Å². The number of nitrogens with zero attached hydrogens (tertiary/aromatic N) is 4. The molecule has 0 radical (unpaired) electrons. The van der Waals surface area contributed by atoms with E-state index in [0.717, 1.165) is 23.8 Å². The minimum Gasteiger partial charge on any atom is -0.357 e. The highest BCUT2D eigenvalue weighted by Gasteiger charge is 2.06. The lowest BCUT2D eigenvalue weighted by Crippen LogP contribution is -2.37. The molecule has 0 fully saturated rings. The number of aryl methyl sites for hydroxylation is 2. The van der Waals surface area contributed by atoms with Crippen LogP contribution in [0.3, 0.4) is 0 Å². The molecule has 0 amide bonds. The molecule has 0 saturated carbocycles. The number of hydrogen-bond acceptors (Lipinski definition) is 3. The first-order chi connectivity index (χ1) is 11.0. The van der Waals surface area contributed by atoms with Crippen molar-refractivity contribution < 1.29 is 4.39 Å². The highest BCUT2D eigenvalue weighted by Crippen LogP contribution is 2.10. The quantitative estimate of drug-likeness (QED) is 0.421. The van der Waals surface area contributed by atoms with E-state index in [1.807, 2.05) is 31.5 Å². The van der Waals surface area contributed by atoms with Crippen LogP contribution >= 0.6 is 24.0 Å². The molecule has 2 aromatic rings. The molecule has 0 aliphatic heterocycles. The summed E-state index contributed by atoms with van der Waals surface area (Å²) in [4.78, 5) is 4.52. The van der Waals surface area contributed by atoms with E-state index in [4.69, 9.17) is 0 Å². The number of benzene rings is 1. The Labute approximate surface area is 159 Å². The van der Waals surface area contributed by atoms with Gasteiger partial charge in [-0.2, -0.15) is 0 Å². The third kappa shape index (κ3) is 5.43. The van der Waals surface area contributed by atoms with Gasteiger partial charge in [0.2, 0.25) is 0 Å². The fourth-order valence-corrected chi connectivity index (χ4v) is 2.08. The van der Waals surface area contributed by atoms with E-state index in [1.165, 1.54) is 6.07 Å². The summed E-state index contributed by atoms with van der Waals surface area (Å²) in [6.45, 7) is 7.44. The summed E-state index contributed by atoms with van der Waals surface area (Å²) in [6, 6.07) is 5.04. The topological polar surface area (TPSA) is 67.1 Å². The molecule has 1 aromatic heterocycles. The van der Waals surface area contributed by atoms with Crippen molar-refractivity contribution in [3.05, 3.63) is 46.8 Å². The van der Waals surface area contributed by atoms with Crippen molar-refractivity contribution >= 4 is 29.9 Å². The zero-order chi connectivity index (χ0) is 16.8. The molecule has 0 aliphatic carbocycles. The zero-order valence-electron chi connectivity index (χ0n) is 14.4. The molecule has 8 heteroatoms. The Bertz CT molecular complexity index is 698. The number of rotatable bonds is 5. The van der Waals surface area contributed by atoms with E-state index >= 15 is 0 Å². The summed E-state index contributed by atoms with van der Waals surface area (Å²) in [6.07, 6.45) is 0. The molecule has 0 bridgehead atoms. The van der Waals surface area contributed by atoms with Crippen LogP contribution in [0.15, 0.2) is 23.2 Å². The van der Waals surface area contributed by atoms with Crippen molar-refractivity contribution in [1.82, 2.24) is 25.4 Å². The number of aliphatic imine (C=N–C) groups is 1. The van der Waals surface area contributed by atoms with Gasteiger partial charge in [-0.1, -0.05) is 12.1 Å². The second-order valence-electron chi connectivity index (χ2n) is 5.35. The van der Waals surface area contributed by atoms with Gasteiger partial charge < -0.3 is 15.2 Å². The molecule has 6 nitrogen and oxygen atoms in total. The molecule has 0 saturated heterocycles. The third-order valence-corrected chi connectivity index (χ3v) is 3.58. The van der Waals surface area contributed by atoms with Crippen LogP contribution in [0.5, 0.6) is 0 Å². The van der Waals surface area contributed by atoms with Crippen LogP contribution in [0, 0.1) is 19.7 Å². The summed E-state index contributed by atoms with van der Waals surface area (Å²) in [5.41, 5.74) is 1.60. The Hall–Kier alpha value is -1.71. The maximum absolute atomic E-state index is 13.3. The third-order valence-electron chi connectivity index (χ3n) is 3.58. The van der Waals surface area contributed by atoms with E-state index in [-0.39, 0.29) is 29.8 Å². The Morgan fingerprint density at radius 2 is 2.00 bits per heavy atom. The van der Waals surface area contributed by atoms with E-state index in [2.05, 4.69) is 25.8 Å². The van der Waals surface area contributed by atoms with Gasteiger partial charge in [0.15, 0.2) is 11.8 Å². The van der Waals surface area contributed by atoms with E-state index in [1.54, 1.807) is 13.0 Å². The van der Waals surface area contributed by atoms with Gasteiger partial charge in [0.25, 0.3) is 0 Å². The minimum absolute atomic E-state index is 0. The highest BCUT2D eigenvalue weighted by atomic mass is 127. The molecule has 0 unspecified atom stereocenters. The molecule has 132 valence electrons. The smallest absolute Gasteiger partial charge is 0.191 e. The SMILES string of the molecule is CCNC(=NCc1ccc(F)c(C)c1)NCc1nnc(C)n1C.I. The number of halogens is 2. The summed E-state index contributed by atoms with van der Waals surface area (Å²) >= 11 is 0. The van der Waals surface area contributed by atoms with E-state index in [0.29, 0.717) is 24.6 Å². The van der Waals surface area contributed by atoms with Crippen LogP contribution in [-0.4, -0.2) is 27.3 Å². The molecular formula is C16H24FIN6. The summed E-state index contributed by atoms with van der Waals surface area (Å²) in [5, 5.41) is 14.6. The number of guanidine groups is 1. The maximum Gasteiger partial charge on any atom is 0.191 e. The second-order valence-corrected chi connectivity index (χ2v) is 5.35. The maximum atomic E-state index is 13.3. The normalized spacial score (nSPS) is 11.1. The number of nitrogens with one attached hydrogen (secondary N) is 2. The van der Waals surface area contributed by atoms with Crippen LogP contribution in [0.25, 0.3) is 0 Å². The molecular weight excluding hydrogens is 422 g/mol. The van der Waals surface area contributed by atoms with Gasteiger partial charge in [-0.15, -0.1) is 34.2 Å². The first-order valence-corrected chi connectivity index (χ1v) is 7.63. The first-order valence-electron chi connectivity index (χ1n) is 7.63. The largest absolute Gasteiger partial charge is 0.357 e. The molecule has 0 aliphatic rings. The standard InChI is InChI=1S/C16H23FN6.HI/c1-5-18-16(20-10-15-22-21-12(3)23(15)4)19-9-13-6-7-14(17)11(2)8-13;/h6-8H,5,9-10H2,1-4H3,(H2,18,19,20);1H. The molecule has 2 N–H and O–H groups in total. The van der Waals surface area contributed by atoms with Gasteiger partial charge in [-0.25, -0.2) is 9.38 Å². The van der Waals surface area contributed by atoms with Crippen LogP contribution in [-0.2, 0) is 20.1 Å². The fourth-order valence-electron chi connectivity index (χ4n) is 2.08. The van der Waals surface area contributed by atoms with Crippen LogP contribution in [0.2, 0.25) is 0 Å². The predicted molar refractivity (Wildman–Crippen MR) is 104 cm³/mol. The molecule has 0 spiro atoms. The van der Waals surface area contributed by atoms with Crippen molar-refractivity contribution in [3.8, 4) is 0 Å². The van der Waals surface area contributed by atoms with E-state index < -0.39 is 0 Å². The average molecular weight is 446 g/mol. The lowest BCUT2D eigenvalue weighted by molar-refractivity contribution is 0.617. The molecule has 1 heterocycles. The monoisotopic (exact) mass is 446 g/mol. The van der Waals surface area contributed by atoms with Crippen LogP contribution < -0.4 is 10.6 Å². The Balaban J connectivity index is 0.00000288.